The maximum absolute atomic E-state index is 12.5. The van der Waals surface area contributed by atoms with Crippen LogP contribution in [0.25, 0.3) is 5.69 Å². The molecule has 0 atom stereocenters. The number of carbonyl (C=O) groups is 1. The van der Waals surface area contributed by atoms with E-state index >= 15 is 0 Å². The van der Waals surface area contributed by atoms with E-state index in [4.69, 9.17) is 0 Å². The van der Waals surface area contributed by atoms with Crippen LogP contribution in [-0.2, 0) is 17.8 Å². The fraction of sp³-hybridized carbons (Fsp3) is 0.348. The van der Waals surface area contributed by atoms with Crippen LogP contribution in [0.4, 0.5) is 5.69 Å². The minimum Gasteiger partial charge on any atom is -0.325 e. The van der Waals surface area contributed by atoms with E-state index < -0.39 is 0 Å². The summed E-state index contributed by atoms with van der Waals surface area (Å²) in [5.41, 5.74) is 3.09. The molecule has 1 amide bonds. The number of anilines is 1. The van der Waals surface area contributed by atoms with Gasteiger partial charge in [0.25, 0.3) is 0 Å². The first-order valence-electron chi connectivity index (χ1n) is 10.5. The van der Waals surface area contributed by atoms with Gasteiger partial charge in [0, 0.05) is 11.4 Å². The number of likely N-dealkylation sites (tertiary alicyclic amines) is 1. The van der Waals surface area contributed by atoms with Gasteiger partial charge in [-0.2, -0.15) is 0 Å². The number of nitrogens with zero attached hydrogens (tertiary/aromatic N) is 4. The lowest BCUT2D eigenvalue weighted by molar-refractivity contribution is -0.113. The molecule has 0 saturated carbocycles. The fourth-order valence-corrected chi connectivity index (χ4v) is 4.40. The van der Waals surface area contributed by atoms with Crippen LogP contribution < -0.4 is 5.32 Å². The average molecular weight is 422 g/mol. The van der Waals surface area contributed by atoms with Crippen LogP contribution in [0.3, 0.4) is 0 Å². The Morgan fingerprint density at radius 3 is 2.47 bits per heavy atom. The lowest BCUT2D eigenvalue weighted by atomic mass is 10.1. The monoisotopic (exact) mass is 421 g/mol. The zero-order valence-electron chi connectivity index (χ0n) is 17.3. The van der Waals surface area contributed by atoms with Gasteiger partial charge in [-0.25, -0.2) is 0 Å². The summed E-state index contributed by atoms with van der Waals surface area (Å²) in [5.74, 6) is 1.15. The molecule has 7 heteroatoms. The third-order valence-electron chi connectivity index (χ3n) is 5.26. The summed E-state index contributed by atoms with van der Waals surface area (Å²) in [6, 6.07) is 18.1. The molecule has 0 aliphatic carbocycles. The summed E-state index contributed by atoms with van der Waals surface area (Å²) < 4.78 is 2.08. The van der Waals surface area contributed by atoms with Crippen molar-refractivity contribution in [2.75, 3.05) is 24.2 Å². The number of rotatable bonds is 8. The van der Waals surface area contributed by atoms with Crippen molar-refractivity contribution in [2.24, 2.45) is 0 Å². The Morgan fingerprint density at radius 1 is 1.03 bits per heavy atom. The Bertz CT molecular complexity index is 965. The molecule has 156 valence electrons. The maximum Gasteiger partial charge on any atom is 0.234 e. The summed E-state index contributed by atoms with van der Waals surface area (Å²) in [6.07, 6.45) is 3.46. The Morgan fingerprint density at radius 2 is 1.77 bits per heavy atom. The molecule has 4 rings (SSSR count). The number of hydrogen-bond acceptors (Lipinski definition) is 5. The van der Waals surface area contributed by atoms with Gasteiger partial charge in [0.05, 0.1) is 12.3 Å². The molecule has 1 N–H and O–H groups in total. The van der Waals surface area contributed by atoms with E-state index in [0.717, 1.165) is 48.4 Å². The molecule has 1 aromatic heterocycles. The molecular weight excluding hydrogens is 394 g/mol. The van der Waals surface area contributed by atoms with Crippen molar-refractivity contribution in [3.63, 3.8) is 0 Å². The average Bonchev–Trinajstić information content (AvgIpc) is 3.44. The minimum absolute atomic E-state index is 0.0482. The first kappa shape index (κ1) is 20.6. The topological polar surface area (TPSA) is 63.1 Å². The molecule has 1 saturated heterocycles. The van der Waals surface area contributed by atoms with Gasteiger partial charge >= 0.3 is 0 Å². The summed E-state index contributed by atoms with van der Waals surface area (Å²) >= 11 is 1.41. The number of benzene rings is 2. The van der Waals surface area contributed by atoms with Gasteiger partial charge < -0.3 is 5.32 Å². The zero-order valence-corrected chi connectivity index (χ0v) is 18.1. The number of nitrogens with one attached hydrogen (secondary N) is 1. The first-order chi connectivity index (χ1) is 14.7. The first-order valence-corrected chi connectivity index (χ1v) is 11.4. The van der Waals surface area contributed by atoms with Gasteiger partial charge in [-0.1, -0.05) is 49.0 Å². The van der Waals surface area contributed by atoms with Crippen molar-refractivity contribution in [1.82, 2.24) is 19.7 Å². The van der Waals surface area contributed by atoms with Gasteiger partial charge in [-0.15, -0.1) is 10.2 Å². The van der Waals surface area contributed by atoms with Crippen LogP contribution >= 0.6 is 11.8 Å². The summed E-state index contributed by atoms with van der Waals surface area (Å²) in [4.78, 5) is 14.9. The highest BCUT2D eigenvalue weighted by Crippen LogP contribution is 2.24. The van der Waals surface area contributed by atoms with E-state index in [9.17, 15) is 4.79 Å². The minimum atomic E-state index is -0.0482. The standard InChI is InChI=1S/C23H27N5OS/c1-2-18-10-12-19(13-11-18)24-22(29)17-30-23-26-25-21(16-27-14-6-7-15-27)28(23)20-8-4-3-5-9-20/h3-5,8-13H,2,6-7,14-17H2,1H3,(H,24,29). The van der Waals surface area contributed by atoms with E-state index in [-0.39, 0.29) is 11.7 Å². The molecule has 0 spiro atoms. The van der Waals surface area contributed by atoms with E-state index in [2.05, 4.69) is 44.0 Å². The number of aromatic nitrogens is 3. The third kappa shape index (κ3) is 5.09. The fourth-order valence-electron chi connectivity index (χ4n) is 3.62. The van der Waals surface area contributed by atoms with E-state index in [0.29, 0.717) is 0 Å². The quantitative estimate of drug-likeness (QED) is 0.554. The number of aryl methyl sites for hydroxylation is 1. The van der Waals surface area contributed by atoms with Gasteiger partial charge in [-0.05, 0) is 62.2 Å². The Hall–Kier alpha value is -2.64. The number of carbonyl (C=O) groups excluding carboxylic acids is 1. The normalized spacial score (nSPS) is 14.2. The zero-order chi connectivity index (χ0) is 20.8. The highest BCUT2D eigenvalue weighted by molar-refractivity contribution is 7.99. The lowest BCUT2D eigenvalue weighted by Gasteiger charge is -2.16. The van der Waals surface area contributed by atoms with Gasteiger partial charge in [0.2, 0.25) is 5.91 Å². The van der Waals surface area contributed by atoms with Crippen LogP contribution in [0.2, 0.25) is 0 Å². The maximum atomic E-state index is 12.5. The molecule has 1 aliphatic heterocycles. The van der Waals surface area contributed by atoms with Crippen LogP contribution in [-0.4, -0.2) is 44.4 Å². The predicted molar refractivity (Wildman–Crippen MR) is 121 cm³/mol. The second-order valence-corrected chi connectivity index (χ2v) is 8.38. The molecule has 2 heterocycles. The van der Waals surface area contributed by atoms with E-state index in [1.807, 2.05) is 42.5 Å². The van der Waals surface area contributed by atoms with Gasteiger partial charge in [0.15, 0.2) is 11.0 Å². The van der Waals surface area contributed by atoms with Crippen LogP contribution in [0.5, 0.6) is 0 Å². The van der Waals surface area contributed by atoms with Crippen molar-refractivity contribution >= 4 is 23.4 Å². The molecule has 1 fully saturated rings. The van der Waals surface area contributed by atoms with Crippen molar-refractivity contribution < 1.29 is 4.79 Å². The van der Waals surface area contributed by atoms with Crippen LogP contribution in [0.15, 0.2) is 59.8 Å². The number of amides is 1. The molecule has 30 heavy (non-hydrogen) atoms. The highest BCUT2D eigenvalue weighted by Gasteiger charge is 2.20. The van der Waals surface area contributed by atoms with Crippen molar-refractivity contribution in [2.45, 2.75) is 37.9 Å². The predicted octanol–water partition coefficient (Wildman–Crippen LogP) is 4.16. The largest absolute Gasteiger partial charge is 0.325 e. The lowest BCUT2D eigenvalue weighted by Crippen LogP contribution is -2.21. The van der Waals surface area contributed by atoms with Crippen LogP contribution in [0, 0.1) is 0 Å². The molecule has 6 nitrogen and oxygen atoms in total. The summed E-state index contributed by atoms with van der Waals surface area (Å²) in [7, 11) is 0. The Kier molecular flexibility index (Phi) is 6.81. The Balaban J connectivity index is 1.46. The third-order valence-corrected chi connectivity index (χ3v) is 6.19. The molecular formula is C23H27N5OS. The van der Waals surface area contributed by atoms with Crippen molar-refractivity contribution in [3.8, 4) is 5.69 Å². The smallest absolute Gasteiger partial charge is 0.234 e. The van der Waals surface area contributed by atoms with E-state index in [1.54, 1.807) is 0 Å². The highest BCUT2D eigenvalue weighted by atomic mass is 32.2. The van der Waals surface area contributed by atoms with Gasteiger partial charge in [0.1, 0.15) is 0 Å². The molecule has 0 unspecified atom stereocenters. The number of hydrogen-bond donors (Lipinski definition) is 1. The van der Waals surface area contributed by atoms with Crippen LogP contribution in [0.1, 0.15) is 31.2 Å². The molecule has 0 bridgehead atoms. The number of thioether (sulfide) groups is 1. The summed E-state index contributed by atoms with van der Waals surface area (Å²) in [6.45, 7) is 5.09. The SMILES string of the molecule is CCc1ccc(NC(=O)CSc2nnc(CN3CCCC3)n2-c2ccccc2)cc1. The van der Waals surface area contributed by atoms with Gasteiger partial charge in [-0.3, -0.25) is 14.3 Å². The molecule has 1 aliphatic rings. The second-order valence-electron chi connectivity index (χ2n) is 7.44. The summed E-state index contributed by atoms with van der Waals surface area (Å²) in [5, 5.41) is 12.6. The molecule has 3 aromatic rings. The van der Waals surface area contributed by atoms with Crippen molar-refractivity contribution in [3.05, 3.63) is 66.0 Å². The van der Waals surface area contributed by atoms with E-state index in [1.165, 1.54) is 30.2 Å². The second kappa shape index (κ2) is 9.91. The molecule has 2 aromatic carbocycles. The number of para-hydroxylation sites is 1. The van der Waals surface area contributed by atoms with Crippen molar-refractivity contribution in [1.29, 1.82) is 0 Å². The Labute approximate surface area is 181 Å². The molecule has 0 radical (unpaired) electrons.